The number of nitrogens with one attached hydrogen (secondary N) is 1. The van der Waals surface area contributed by atoms with Crippen LogP contribution in [0.2, 0.25) is 0 Å². The third-order valence-electron chi connectivity index (χ3n) is 14.3. The lowest BCUT2D eigenvalue weighted by molar-refractivity contribution is -0.379. The normalized spacial score (nSPS) is 30.5. The van der Waals surface area contributed by atoms with Gasteiger partial charge in [-0.15, -0.1) is 0 Å². The maximum Gasteiger partial charge on any atom is 0.220 e. The Morgan fingerprint density at radius 2 is 0.864 bits per heavy atom. The number of unbranched alkanes of at least 4 members (excludes halogenated alkanes) is 12. The monoisotopic (exact) mass is 1150 g/mol. The van der Waals surface area contributed by atoms with E-state index in [9.17, 15) is 61.0 Å². The summed E-state index contributed by atoms with van der Waals surface area (Å²) in [5.74, 6) is -0.326. The Hall–Kier alpha value is -3.29. The van der Waals surface area contributed by atoms with Crippen LogP contribution in [0.5, 0.6) is 0 Å². The predicted octanol–water partition coefficient (Wildman–Crippen LogP) is 5.37. The molecule has 1 amide bonds. The van der Waals surface area contributed by atoms with E-state index in [-0.39, 0.29) is 12.3 Å². The highest BCUT2D eigenvalue weighted by molar-refractivity contribution is 5.76. The Bertz CT molecular complexity index is 1850. The summed E-state index contributed by atoms with van der Waals surface area (Å²) < 4.78 is 34.2. The van der Waals surface area contributed by atoms with Gasteiger partial charge in [-0.3, -0.25) is 4.79 Å². The second-order valence-corrected chi connectivity index (χ2v) is 21.1. The first-order valence-electron chi connectivity index (χ1n) is 30.0. The van der Waals surface area contributed by atoms with Crippen LogP contribution in [0, 0.1) is 0 Å². The van der Waals surface area contributed by atoms with E-state index in [4.69, 9.17) is 28.4 Å². The van der Waals surface area contributed by atoms with Crippen LogP contribution >= 0.6 is 0 Å². The van der Waals surface area contributed by atoms with Crippen LogP contribution in [0.1, 0.15) is 155 Å². The number of aliphatic hydroxyl groups is 11. The van der Waals surface area contributed by atoms with Crippen LogP contribution in [0.3, 0.4) is 0 Å². The molecule has 0 aromatic rings. The van der Waals surface area contributed by atoms with Crippen molar-refractivity contribution >= 4 is 5.91 Å². The molecule has 3 saturated heterocycles. The van der Waals surface area contributed by atoms with Crippen molar-refractivity contribution in [1.29, 1.82) is 0 Å². The van der Waals surface area contributed by atoms with E-state index in [2.05, 4.69) is 104 Å². The number of hydrogen-bond acceptors (Lipinski definition) is 18. The number of rotatable bonds is 42. The van der Waals surface area contributed by atoms with Crippen molar-refractivity contribution in [2.75, 3.05) is 26.4 Å². The second kappa shape index (κ2) is 44.2. The topological polar surface area (TPSA) is 307 Å². The lowest BCUT2D eigenvalue weighted by Crippen LogP contribution is -2.66. The Morgan fingerprint density at radius 3 is 1.38 bits per heavy atom. The molecule has 3 aliphatic rings. The molecular weight excluding hydrogens is 1050 g/mol. The Kier molecular flexibility index (Phi) is 39.3. The summed E-state index contributed by atoms with van der Waals surface area (Å²) in [4.78, 5) is 13.3. The third-order valence-corrected chi connectivity index (χ3v) is 14.3. The summed E-state index contributed by atoms with van der Waals surface area (Å²) >= 11 is 0. The molecule has 12 N–H and O–H groups in total. The number of ether oxygens (including phenoxy) is 6. The number of hydrogen-bond donors (Lipinski definition) is 12. The van der Waals surface area contributed by atoms with Gasteiger partial charge in [-0.2, -0.15) is 0 Å². The summed E-state index contributed by atoms with van der Waals surface area (Å²) in [6.07, 6.45) is 28.1. The lowest BCUT2D eigenvalue weighted by atomic mass is 9.96. The molecule has 17 unspecified atom stereocenters. The summed E-state index contributed by atoms with van der Waals surface area (Å²) in [5, 5.41) is 120. The largest absolute Gasteiger partial charge is 0.394 e. The minimum Gasteiger partial charge on any atom is -0.394 e. The van der Waals surface area contributed by atoms with E-state index in [0.29, 0.717) is 12.8 Å². The van der Waals surface area contributed by atoms with Gasteiger partial charge in [0.1, 0.15) is 73.2 Å². The van der Waals surface area contributed by atoms with Crippen LogP contribution in [0.15, 0.2) is 97.2 Å². The third kappa shape index (κ3) is 28.0. The zero-order valence-electron chi connectivity index (χ0n) is 48.2. The molecule has 0 spiro atoms. The molecule has 17 atom stereocenters. The quantitative estimate of drug-likeness (QED) is 0.0270. The molecule has 19 nitrogen and oxygen atoms in total. The summed E-state index contributed by atoms with van der Waals surface area (Å²) in [6, 6.07) is -1.02. The Balaban J connectivity index is 1.54. The SMILES string of the molecule is CC/C=C\C/C=C\C/C=C\C/C=C\C/C=C\CCCCCC(=O)NC(COC1OC(CO)C(OC2OC(CO)C(OC3OC(CO)C(O)C(O)C3O)C(O)C2O)C(O)C1O)C(O)/C=C/CC/C=C/CC/C=C/CCCCCCCCC. The summed E-state index contributed by atoms with van der Waals surface area (Å²) in [6.45, 7) is 1.52. The van der Waals surface area contributed by atoms with Crippen LogP contribution < -0.4 is 5.32 Å². The van der Waals surface area contributed by atoms with E-state index in [1.165, 1.54) is 44.9 Å². The number of carbonyl (C=O) groups excluding carboxylic acids is 1. The molecular formula is C62H103NO18. The van der Waals surface area contributed by atoms with Gasteiger partial charge in [0.15, 0.2) is 18.9 Å². The van der Waals surface area contributed by atoms with Crippen molar-refractivity contribution in [2.45, 2.75) is 259 Å². The maximum absolute atomic E-state index is 13.3. The molecule has 464 valence electrons. The van der Waals surface area contributed by atoms with Crippen molar-refractivity contribution in [3.05, 3.63) is 97.2 Å². The highest BCUT2D eigenvalue weighted by Crippen LogP contribution is 2.33. The van der Waals surface area contributed by atoms with Crippen LogP contribution in [-0.2, 0) is 33.2 Å². The number of aliphatic hydroxyl groups excluding tert-OH is 11. The van der Waals surface area contributed by atoms with E-state index < -0.39 is 131 Å². The van der Waals surface area contributed by atoms with E-state index in [1.54, 1.807) is 6.08 Å². The van der Waals surface area contributed by atoms with Crippen LogP contribution in [0.25, 0.3) is 0 Å². The van der Waals surface area contributed by atoms with E-state index >= 15 is 0 Å². The molecule has 0 radical (unpaired) electrons. The van der Waals surface area contributed by atoms with E-state index in [1.807, 2.05) is 6.08 Å². The first-order valence-corrected chi connectivity index (χ1v) is 30.0. The first kappa shape index (κ1) is 72.0. The average molecular weight is 1150 g/mol. The minimum atomic E-state index is -1.99. The summed E-state index contributed by atoms with van der Waals surface area (Å²) in [7, 11) is 0. The fourth-order valence-electron chi connectivity index (χ4n) is 9.42. The van der Waals surface area contributed by atoms with Crippen molar-refractivity contribution in [3.63, 3.8) is 0 Å². The van der Waals surface area contributed by atoms with Gasteiger partial charge in [-0.25, -0.2) is 0 Å². The van der Waals surface area contributed by atoms with E-state index in [0.717, 1.165) is 77.0 Å². The molecule has 0 aliphatic carbocycles. The van der Waals surface area contributed by atoms with Crippen molar-refractivity contribution in [3.8, 4) is 0 Å². The number of allylic oxidation sites excluding steroid dienone is 15. The van der Waals surface area contributed by atoms with Gasteiger partial charge in [0.05, 0.1) is 38.6 Å². The molecule has 3 heterocycles. The van der Waals surface area contributed by atoms with Gasteiger partial charge < -0.3 is 89.9 Å². The standard InChI is InChI=1S/C62H103NO18/c1-3-5-7-9-11-13-15-17-19-21-22-24-26-28-30-32-34-36-38-40-50(68)63-45(46(67)39-37-35-33-31-29-27-25-23-20-18-16-14-12-10-8-6-4-2)44-76-60-56(74)53(71)58(48(42-65)78-60)81-62-57(75)54(72)59(49(43-66)79-62)80-61-55(73)52(70)51(69)47(41-64)77-61/h5,7,11,13,17,19-20,22-24,28-31,37,39,45-49,51-62,64-67,69-75H,3-4,6,8-10,12,14-16,18,21,25-27,32-36,38,40-44H2,1-2H3,(H,63,68)/b7-5-,13-11-,19-17-,23-20+,24-22-,30-28-,31-29+,39-37+. The van der Waals surface area contributed by atoms with Crippen molar-refractivity contribution in [1.82, 2.24) is 5.32 Å². The molecule has 3 aliphatic heterocycles. The second-order valence-electron chi connectivity index (χ2n) is 21.1. The fourth-order valence-corrected chi connectivity index (χ4v) is 9.42. The Morgan fingerprint density at radius 1 is 0.457 bits per heavy atom. The van der Waals surface area contributed by atoms with Gasteiger partial charge in [-0.1, -0.05) is 156 Å². The molecule has 0 aromatic heterocycles. The Labute approximate surface area is 482 Å². The molecule has 0 bridgehead atoms. The minimum absolute atomic E-state index is 0.187. The highest BCUT2D eigenvalue weighted by atomic mass is 16.8. The highest BCUT2D eigenvalue weighted by Gasteiger charge is 2.53. The maximum atomic E-state index is 13.3. The van der Waals surface area contributed by atoms with Gasteiger partial charge in [-0.05, 0) is 89.9 Å². The average Bonchev–Trinajstić information content (AvgIpc) is 3.51. The summed E-state index contributed by atoms with van der Waals surface area (Å²) in [5.41, 5.74) is 0. The smallest absolute Gasteiger partial charge is 0.220 e. The molecule has 0 saturated carbocycles. The van der Waals surface area contributed by atoms with Gasteiger partial charge in [0.25, 0.3) is 0 Å². The van der Waals surface area contributed by atoms with Crippen LogP contribution in [-0.4, -0.2) is 193 Å². The van der Waals surface area contributed by atoms with Crippen molar-refractivity contribution < 1.29 is 89.4 Å². The van der Waals surface area contributed by atoms with Gasteiger partial charge in [0.2, 0.25) is 5.91 Å². The molecule has 0 aromatic carbocycles. The zero-order chi connectivity index (χ0) is 59.0. The lowest BCUT2D eigenvalue weighted by Gasteiger charge is -2.48. The number of carbonyl (C=O) groups is 1. The first-order chi connectivity index (χ1) is 39.3. The fraction of sp³-hybridized carbons (Fsp3) is 0.726. The van der Waals surface area contributed by atoms with Gasteiger partial charge in [0, 0.05) is 6.42 Å². The molecule has 81 heavy (non-hydrogen) atoms. The van der Waals surface area contributed by atoms with Gasteiger partial charge >= 0.3 is 0 Å². The molecule has 3 fully saturated rings. The zero-order valence-corrected chi connectivity index (χ0v) is 48.2. The van der Waals surface area contributed by atoms with Crippen LogP contribution in [0.4, 0.5) is 0 Å². The number of amides is 1. The molecule has 19 heteroatoms. The molecule has 3 rings (SSSR count). The predicted molar refractivity (Wildman–Crippen MR) is 309 cm³/mol. The van der Waals surface area contributed by atoms with Crippen molar-refractivity contribution in [2.24, 2.45) is 0 Å².